The van der Waals surface area contributed by atoms with Gasteiger partial charge in [-0.2, -0.15) is 0 Å². The number of ketones is 2. The summed E-state index contributed by atoms with van der Waals surface area (Å²) in [6, 6.07) is 4.63. The summed E-state index contributed by atoms with van der Waals surface area (Å²) in [5.74, 6) is -0.181. The minimum absolute atomic E-state index is 0.0362. The molecule has 0 radical (unpaired) electrons. The molecule has 3 rings (SSSR count). The first kappa shape index (κ1) is 20.6. The fourth-order valence-corrected chi connectivity index (χ4v) is 4.97. The molecule has 6 nitrogen and oxygen atoms in total. The molecule has 1 saturated carbocycles. The van der Waals surface area contributed by atoms with E-state index in [0.717, 1.165) is 12.7 Å². The Kier molecular flexibility index (Phi) is 6.25. The fourth-order valence-electron chi connectivity index (χ4n) is 3.64. The number of sulfone groups is 1. The molecule has 2 atom stereocenters. The van der Waals surface area contributed by atoms with E-state index in [1.54, 1.807) is 24.5 Å². The number of halogens is 1. The highest BCUT2D eigenvalue weighted by Crippen LogP contribution is 2.35. The summed E-state index contributed by atoms with van der Waals surface area (Å²) in [6.07, 6.45) is 8.15. The van der Waals surface area contributed by atoms with Crippen molar-refractivity contribution in [2.75, 3.05) is 6.26 Å². The van der Waals surface area contributed by atoms with E-state index in [2.05, 4.69) is 9.97 Å². The van der Waals surface area contributed by atoms with Crippen LogP contribution in [0.4, 0.5) is 0 Å². The molecule has 28 heavy (non-hydrogen) atoms. The smallest absolute Gasteiger partial charge is 0.176 e. The van der Waals surface area contributed by atoms with Crippen molar-refractivity contribution in [3.8, 4) is 0 Å². The maximum Gasteiger partial charge on any atom is 0.176 e. The number of Topliss-reactive ketones (excluding diaryl/α,β-unsaturated/α-hetero) is 2. The standard InChI is InChI=1S/C20H21ClN2O4S/c1-28(26,27)20-5-3-14(10-18(20)21)17(9-13-2-4-16(24)8-13)19(25)11-15-12-22-6-7-23-15/h3,5-7,10,12-13,17H,2,4,8-9,11H2,1H3/t13?,17-/m1/s1. The van der Waals surface area contributed by atoms with Gasteiger partial charge >= 0.3 is 0 Å². The second-order valence-corrected chi connectivity index (χ2v) is 9.63. The van der Waals surface area contributed by atoms with Crippen molar-refractivity contribution in [1.29, 1.82) is 0 Å². The average molecular weight is 421 g/mol. The lowest BCUT2D eigenvalue weighted by atomic mass is 9.83. The number of rotatable bonds is 7. The molecule has 1 aromatic heterocycles. The number of carbonyl (C=O) groups is 2. The van der Waals surface area contributed by atoms with Crippen molar-refractivity contribution in [3.05, 3.63) is 53.1 Å². The van der Waals surface area contributed by atoms with Crippen molar-refractivity contribution < 1.29 is 18.0 Å². The van der Waals surface area contributed by atoms with Gasteiger partial charge in [-0.15, -0.1) is 0 Å². The molecule has 0 bridgehead atoms. The zero-order valence-electron chi connectivity index (χ0n) is 15.5. The number of hydrogen-bond acceptors (Lipinski definition) is 6. The molecule has 1 unspecified atom stereocenters. The molecule has 1 fully saturated rings. The van der Waals surface area contributed by atoms with Gasteiger partial charge in [0.05, 0.1) is 22.0 Å². The zero-order valence-corrected chi connectivity index (χ0v) is 17.0. The topological polar surface area (TPSA) is 94.1 Å². The van der Waals surface area contributed by atoms with Crippen LogP contribution in [0, 0.1) is 5.92 Å². The van der Waals surface area contributed by atoms with E-state index in [9.17, 15) is 18.0 Å². The van der Waals surface area contributed by atoms with E-state index in [4.69, 9.17) is 11.6 Å². The van der Waals surface area contributed by atoms with Gasteiger partial charge in [-0.05, 0) is 36.5 Å². The predicted molar refractivity (Wildman–Crippen MR) is 105 cm³/mol. The molecule has 0 aliphatic heterocycles. The van der Waals surface area contributed by atoms with E-state index in [1.165, 1.54) is 12.3 Å². The minimum atomic E-state index is -3.45. The van der Waals surface area contributed by atoms with Crippen LogP contribution in [-0.4, -0.2) is 36.2 Å². The van der Waals surface area contributed by atoms with Crippen molar-refractivity contribution in [3.63, 3.8) is 0 Å². The third-order valence-corrected chi connectivity index (χ3v) is 6.61. The molecule has 0 saturated heterocycles. The monoisotopic (exact) mass is 420 g/mol. The Morgan fingerprint density at radius 2 is 2.11 bits per heavy atom. The summed E-state index contributed by atoms with van der Waals surface area (Å²) in [5, 5.41) is 0.0970. The molecule has 1 aromatic carbocycles. The van der Waals surface area contributed by atoms with E-state index in [1.807, 2.05) is 0 Å². The Morgan fingerprint density at radius 1 is 1.32 bits per heavy atom. The Bertz CT molecular complexity index is 993. The second-order valence-electron chi connectivity index (χ2n) is 7.24. The first-order chi connectivity index (χ1) is 13.2. The van der Waals surface area contributed by atoms with E-state index < -0.39 is 15.8 Å². The molecule has 2 aromatic rings. The Hall–Kier alpha value is -2.12. The van der Waals surface area contributed by atoms with Crippen LogP contribution in [0.3, 0.4) is 0 Å². The summed E-state index contributed by atoms with van der Waals surface area (Å²) in [7, 11) is -3.45. The molecule has 1 heterocycles. The molecule has 1 aliphatic rings. The average Bonchev–Trinajstić information content (AvgIpc) is 3.04. The highest BCUT2D eigenvalue weighted by molar-refractivity contribution is 7.90. The summed E-state index contributed by atoms with van der Waals surface area (Å²) >= 11 is 6.20. The lowest BCUT2D eigenvalue weighted by Crippen LogP contribution is -2.19. The maximum atomic E-state index is 13.1. The van der Waals surface area contributed by atoms with Gasteiger partial charge in [-0.1, -0.05) is 17.7 Å². The maximum absolute atomic E-state index is 13.1. The predicted octanol–water partition coefficient (Wildman–Crippen LogP) is 3.19. The first-order valence-electron chi connectivity index (χ1n) is 9.03. The van der Waals surface area contributed by atoms with Crippen molar-refractivity contribution in [2.24, 2.45) is 5.92 Å². The molecule has 0 amide bonds. The normalized spacial score (nSPS) is 18.2. The second kappa shape index (κ2) is 8.49. The summed E-state index contributed by atoms with van der Waals surface area (Å²) in [6.45, 7) is 0. The van der Waals surface area contributed by atoms with E-state index >= 15 is 0 Å². The zero-order chi connectivity index (χ0) is 20.3. The van der Waals surface area contributed by atoms with Gasteiger partial charge in [0.2, 0.25) is 0 Å². The summed E-state index contributed by atoms with van der Waals surface area (Å²) in [5.41, 5.74) is 1.23. The van der Waals surface area contributed by atoms with Gasteiger partial charge in [0.1, 0.15) is 11.6 Å². The van der Waals surface area contributed by atoms with E-state index in [-0.39, 0.29) is 33.8 Å². The van der Waals surface area contributed by atoms with Crippen molar-refractivity contribution in [2.45, 2.75) is 42.9 Å². The van der Waals surface area contributed by atoms with Gasteiger partial charge < -0.3 is 0 Å². The lowest BCUT2D eigenvalue weighted by Gasteiger charge is -2.20. The van der Waals surface area contributed by atoms with Crippen molar-refractivity contribution in [1.82, 2.24) is 9.97 Å². The lowest BCUT2D eigenvalue weighted by molar-refractivity contribution is -0.121. The largest absolute Gasteiger partial charge is 0.300 e. The number of benzene rings is 1. The van der Waals surface area contributed by atoms with Crippen LogP contribution in [0.15, 0.2) is 41.7 Å². The van der Waals surface area contributed by atoms with Crippen LogP contribution >= 0.6 is 11.6 Å². The van der Waals surface area contributed by atoms with Gasteiger partial charge in [0.15, 0.2) is 9.84 Å². The van der Waals surface area contributed by atoms with Crippen LogP contribution in [0.5, 0.6) is 0 Å². The van der Waals surface area contributed by atoms with Gasteiger partial charge in [0.25, 0.3) is 0 Å². The Labute approximate surface area is 169 Å². The SMILES string of the molecule is CS(=O)(=O)c1ccc([C@@H](CC2CCC(=O)C2)C(=O)Cc2cnccn2)cc1Cl. The minimum Gasteiger partial charge on any atom is -0.300 e. The highest BCUT2D eigenvalue weighted by atomic mass is 35.5. The molecule has 0 N–H and O–H groups in total. The van der Waals surface area contributed by atoms with Crippen LogP contribution in [0.25, 0.3) is 0 Å². The van der Waals surface area contributed by atoms with Crippen LogP contribution in [-0.2, 0) is 25.8 Å². The number of aromatic nitrogens is 2. The summed E-state index contributed by atoms with van der Waals surface area (Å²) in [4.78, 5) is 32.9. The molecular weight excluding hydrogens is 400 g/mol. The van der Waals surface area contributed by atoms with Gasteiger partial charge in [0, 0.05) is 43.6 Å². The van der Waals surface area contributed by atoms with Crippen LogP contribution in [0.1, 0.15) is 42.9 Å². The quantitative estimate of drug-likeness (QED) is 0.682. The third-order valence-electron chi connectivity index (χ3n) is 5.04. The first-order valence-corrected chi connectivity index (χ1v) is 11.3. The molecular formula is C20H21ClN2O4S. The van der Waals surface area contributed by atoms with Gasteiger partial charge in [-0.25, -0.2) is 8.42 Å². The Morgan fingerprint density at radius 3 is 2.68 bits per heavy atom. The summed E-state index contributed by atoms with van der Waals surface area (Å²) < 4.78 is 23.6. The Balaban J connectivity index is 1.90. The van der Waals surface area contributed by atoms with Crippen molar-refractivity contribution >= 4 is 33.0 Å². The molecule has 148 valence electrons. The van der Waals surface area contributed by atoms with Gasteiger partial charge in [-0.3, -0.25) is 19.6 Å². The number of hydrogen-bond donors (Lipinski definition) is 0. The highest BCUT2D eigenvalue weighted by Gasteiger charge is 2.30. The molecule has 8 heteroatoms. The van der Waals surface area contributed by atoms with E-state index in [0.29, 0.717) is 30.5 Å². The molecule has 0 spiro atoms. The molecule has 1 aliphatic carbocycles. The fraction of sp³-hybridized carbons (Fsp3) is 0.400. The number of carbonyl (C=O) groups excluding carboxylic acids is 2. The number of nitrogens with zero attached hydrogens (tertiary/aromatic N) is 2. The van der Waals surface area contributed by atoms with Crippen LogP contribution < -0.4 is 0 Å². The van der Waals surface area contributed by atoms with Crippen LogP contribution in [0.2, 0.25) is 5.02 Å². The third kappa shape index (κ3) is 5.02.